The highest BCUT2D eigenvalue weighted by Crippen LogP contribution is 2.13. The van der Waals surface area contributed by atoms with Crippen LogP contribution in [0.5, 0.6) is 0 Å². The fourth-order valence-corrected chi connectivity index (χ4v) is 1.26. The summed E-state index contributed by atoms with van der Waals surface area (Å²) >= 11 is 0. The molecule has 0 bridgehead atoms. The number of hydrogen-bond donors (Lipinski definition) is 0. The first-order valence-electron chi connectivity index (χ1n) is 31.6. The molecule has 0 atom stereocenters. The summed E-state index contributed by atoms with van der Waals surface area (Å²) in [5.74, 6) is 0. The largest absolute Gasteiger partial charge is 0.744 e. The summed E-state index contributed by atoms with van der Waals surface area (Å²) < 4.78 is 415. The van der Waals surface area contributed by atoms with Crippen molar-refractivity contribution in [3.05, 3.63) is 29.7 Å². The van der Waals surface area contributed by atoms with Gasteiger partial charge in [-0.1, -0.05) is 101 Å². The molecule has 0 saturated carbocycles. The standard InChI is InChI=1S/C19H42N.C7H8O3S/c1-5-6-7-8-9-10-11-12-13-14-15-16-17-18-19-20(2,3)4;1-6-2-4-7(5-3-6)11(8,9)10/h5-19H2,1-4H3;2-5H,1H3,(H,8,9,10)/q+1;/p-1/i1D3,2D3,3D3,4D3,5D2,6D2,7D2,8D2,9D2,10D2,11D2,12D2,13D2,14D2,15D2,16D2,17D2,18D2,19D2;1D3,2D,3D,4D,5D. The minimum Gasteiger partial charge on any atom is -0.744 e. The van der Waals surface area contributed by atoms with Crippen molar-refractivity contribution in [3.63, 3.8) is 0 Å². The van der Waals surface area contributed by atoms with Gasteiger partial charge >= 0.3 is 0 Å². The van der Waals surface area contributed by atoms with Crippen LogP contribution in [-0.4, -0.2) is 44.9 Å². The second-order valence-electron chi connectivity index (χ2n) is 4.19. The topological polar surface area (TPSA) is 57.2 Å². The van der Waals surface area contributed by atoms with Gasteiger partial charge in [-0.3, -0.25) is 0 Å². The summed E-state index contributed by atoms with van der Waals surface area (Å²) in [6.45, 7) is -26.8. The first-order chi connectivity index (χ1) is 33.6. The lowest BCUT2D eigenvalue weighted by Gasteiger charge is -2.23. The highest BCUT2D eigenvalue weighted by molar-refractivity contribution is 7.85. The minimum absolute atomic E-state index is 0.912. The van der Waals surface area contributed by atoms with Crippen LogP contribution in [0, 0.1) is 6.85 Å². The molecule has 0 aliphatic rings. The molecule has 1 aromatic carbocycles. The molecule has 0 aromatic heterocycles. The normalized spacial score (nSPS) is 44.1. The van der Waals surface area contributed by atoms with Crippen LogP contribution in [0.1, 0.15) is 169 Å². The molecule has 0 aliphatic carbocycles. The van der Waals surface area contributed by atoms with E-state index in [0.29, 0.717) is 0 Å². The Morgan fingerprint density at radius 2 is 1.26 bits per heavy atom. The van der Waals surface area contributed by atoms with Crippen molar-refractivity contribution in [2.75, 3.05) is 27.4 Å². The van der Waals surface area contributed by atoms with Gasteiger partial charge in [0.1, 0.15) is 10.1 Å². The SMILES string of the molecule is [2H]C([2H])([2H])C([2H])([2H])C([2H])([2H])C([2H])([2H])C([2H])([2H])C([2H])([2H])C([2H])([2H])C([2H])([2H])C([2H])([2H])C([2H])([2H])C([2H])([2H])C([2H])([2H])C([2H])([2H])C([2H])([2H])C([2H])([2H])C([2H])([2H])[N+](C([2H])([2H])[2H])(C([2H])([2H])[2H])C([2H])([2H])[2H].[2H]c1c([2H])c(S(=O)(=O)[O-])c([2H])c([2H])c1C([2H])([2H])[2H]. The second kappa shape index (κ2) is 17.6. The van der Waals surface area contributed by atoms with Crippen molar-refractivity contribution in [3.8, 4) is 0 Å². The molecule has 5 heteroatoms. The maximum atomic E-state index is 10.8. The third-order valence-corrected chi connectivity index (χ3v) is 2.59. The van der Waals surface area contributed by atoms with Crippen LogP contribution in [0.3, 0.4) is 0 Å². The van der Waals surface area contributed by atoms with E-state index in [9.17, 15) is 13.0 Å². The zero-order valence-corrected chi connectivity index (χ0v) is 15.9. The van der Waals surface area contributed by atoms with E-state index in [1.807, 2.05) is 0 Å². The Labute approximate surface area is 262 Å². The van der Waals surface area contributed by atoms with Gasteiger partial charge in [-0.25, -0.2) is 8.42 Å². The Kier molecular flexibility index (Phi) is 2.37. The van der Waals surface area contributed by atoms with Crippen molar-refractivity contribution >= 4 is 10.1 Å². The van der Waals surface area contributed by atoms with Gasteiger partial charge in [0.05, 0.1) is 52.9 Å². The molecule has 1 aromatic rings. The van der Waals surface area contributed by atoms with Gasteiger partial charge < -0.3 is 9.04 Å². The number of benzene rings is 1. The third kappa shape index (κ3) is 20.7. The highest BCUT2D eigenvalue weighted by Gasteiger charge is 2.05. The zero-order chi connectivity index (χ0) is 66.5. The molecule has 0 aliphatic heterocycles. The van der Waals surface area contributed by atoms with Gasteiger partial charge in [0.25, 0.3) is 0 Å². The first-order valence-corrected chi connectivity index (χ1v) is 8.51. The van der Waals surface area contributed by atoms with Gasteiger partial charge in [-0.2, -0.15) is 0 Å². The fourth-order valence-electron chi connectivity index (χ4n) is 0.913. The molecule has 0 spiro atoms. The van der Waals surface area contributed by atoms with Crippen LogP contribution in [0.2, 0.25) is 0 Å². The molecule has 0 saturated heterocycles. The molecule has 182 valence electrons. The van der Waals surface area contributed by atoms with E-state index in [2.05, 4.69) is 0 Å². The minimum atomic E-state index is -5.40. The number of nitrogens with zero attached hydrogens (tertiary/aromatic N) is 1. The Morgan fingerprint density at radius 1 is 0.806 bits per heavy atom. The average Bonchev–Trinajstić information content (AvgIpc) is 3.16. The molecule has 0 radical (unpaired) electrons. The predicted octanol–water partition coefficient (Wildman–Crippen LogP) is 7.07. The van der Waals surface area contributed by atoms with E-state index in [0.717, 1.165) is 0 Å². The van der Waals surface area contributed by atoms with E-state index >= 15 is 0 Å². The maximum Gasteiger partial charge on any atom is 0.124 e. The van der Waals surface area contributed by atoms with E-state index in [4.69, 9.17) is 67.2 Å². The van der Waals surface area contributed by atoms with Crippen molar-refractivity contribution in [2.24, 2.45) is 0 Å². The summed E-state index contributed by atoms with van der Waals surface area (Å²) in [4.78, 5) is -1.34. The highest BCUT2D eigenvalue weighted by atomic mass is 32.2. The average molecular weight is 505 g/mol. The molecule has 0 amide bonds. The summed E-state index contributed by atoms with van der Waals surface area (Å²) in [5, 5.41) is 0. The lowest BCUT2D eigenvalue weighted by Crippen LogP contribution is -2.35. The molecule has 0 heterocycles. The van der Waals surface area contributed by atoms with E-state index < -0.39 is 180 Å². The molecule has 0 unspecified atom stereocenters. The quantitative estimate of drug-likeness (QED) is 0.178. The molecular weight excluding hydrogens is 406 g/mol. The summed E-state index contributed by atoms with van der Waals surface area (Å²) in [7, 11) is -5.22. The van der Waals surface area contributed by atoms with Crippen molar-refractivity contribution in [1.82, 2.24) is 0 Å². The Bertz CT molecular complexity index is 2480. The van der Waals surface area contributed by atoms with Crippen LogP contribution in [0.25, 0.3) is 0 Å². The van der Waals surface area contributed by atoms with Gasteiger partial charge in [0, 0.05) is 46.6 Å². The molecule has 31 heavy (non-hydrogen) atoms. The van der Waals surface area contributed by atoms with Crippen LogP contribution in [0.15, 0.2) is 29.1 Å². The van der Waals surface area contributed by atoms with E-state index in [1.165, 1.54) is 0 Å². The lowest BCUT2D eigenvalue weighted by atomic mass is 10.0. The van der Waals surface area contributed by atoms with Gasteiger partial charge in [-0.15, -0.1) is 0 Å². The predicted molar refractivity (Wildman–Crippen MR) is 132 cm³/mol. The van der Waals surface area contributed by atoms with E-state index in [1.54, 1.807) is 0 Å². The van der Waals surface area contributed by atoms with Gasteiger partial charge in [-0.05, 0) is 31.7 Å². The molecule has 4 nitrogen and oxygen atoms in total. The first kappa shape index (κ1) is 4.18. The van der Waals surface area contributed by atoms with Crippen molar-refractivity contribution < 1.29 is 84.6 Å². The van der Waals surface area contributed by atoms with Crippen LogP contribution in [-0.2, 0) is 10.1 Å². The fraction of sp³-hybridized carbons (Fsp3) is 0.769. The summed E-state index contributed by atoms with van der Waals surface area (Å²) in [6, 6.07) is -4.44. The molecular formula is C26H49NO3S. The molecule has 0 N–H and O–H groups in total. The second-order valence-corrected chi connectivity index (χ2v) is 5.51. The Hall–Kier alpha value is -0.910. The monoisotopic (exact) mass is 505 g/mol. The number of rotatable bonds is 16. The number of hydrogen-bond acceptors (Lipinski definition) is 3. The van der Waals surface area contributed by atoms with Crippen LogP contribution < -0.4 is 0 Å². The molecule has 1 rings (SSSR count). The smallest absolute Gasteiger partial charge is 0.124 e. The Morgan fingerprint density at radius 3 is 1.65 bits per heavy atom. The third-order valence-electron chi connectivity index (χ3n) is 1.89. The van der Waals surface area contributed by atoms with E-state index in [-0.39, 0.29) is 0 Å². The summed E-state index contributed by atoms with van der Waals surface area (Å²) in [5.41, 5.74) is -0.912. The van der Waals surface area contributed by atoms with Crippen LogP contribution >= 0.6 is 0 Å². The number of quaternary nitrogens is 1. The van der Waals surface area contributed by atoms with Gasteiger partial charge in [0.2, 0.25) is 0 Å². The zero-order valence-electron chi connectivity index (χ0n) is 64.1. The van der Waals surface area contributed by atoms with Crippen LogP contribution in [0.4, 0.5) is 0 Å². The Balaban J connectivity index is 0.00000291. The summed E-state index contributed by atoms with van der Waals surface area (Å²) in [6.07, 6.45) is -72.8. The van der Waals surface area contributed by atoms with Crippen molar-refractivity contribution in [1.29, 1.82) is 0 Å². The maximum absolute atomic E-state index is 10.8. The van der Waals surface area contributed by atoms with Crippen molar-refractivity contribution in [2.45, 2.75) is 108 Å². The lowest BCUT2D eigenvalue weighted by molar-refractivity contribution is -0.870. The molecule has 0 fully saturated rings. The van der Waals surface area contributed by atoms with Gasteiger partial charge in [0.15, 0.2) is 0 Å².